The van der Waals surface area contributed by atoms with E-state index in [4.69, 9.17) is 0 Å². The van der Waals surface area contributed by atoms with Crippen molar-refractivity contribution >= 4 is 0 Å². The summed E-state index contributed by atoms with van der Waals surface area (Å²) in [6.07, 6.45) is 7.06. The molecule has 2 aromatic heterocycles. The summed E-state index contributed by atoms with van der Waals surface area (Å²) in [5, 5.41) is 14.1. The van der Waals surface area contributed by atoms with Gasteiger partial charge in [0.15, 0.2) is 5.82 Å². The Morgan fingerprint density at radius 2 is 2.50 bits per heavy atom. The summed E-state index contributed by atoms with van der Waals surface area (Å²) in [6, 6.07) is 0.208. The number of fused-ring (bicyclic) bond motifs is 1. The summed E-state index contributed by atoms with van der Waals surface area (Å²) in [6.45, 7) is 0. The number of aryl methyl sites for hydroxylation is 1. The third-order valence-electron chi connectivity index (χ3n) is 2.65. The van der Waals surface area contributed by atoms with Gasteiger partial charge in [0.2, 0.25) is 0 Å². The first kappa shape index (κ1) is 7.66. The van der Waals surface area contributed by atoms with Gasteiger partial charge in [0.1, 0.15) is 0 Å². The molecule has 0 aromatic carbocycles. The highest BCUT2D eigenvalue weighted by atomic mass is 15.5. The number of aromatic nitrogens is 6. The highest BCUT2D eigenvalue weighted by molar-refractivity contribution is 5.08. The molecule has 0 aliphatic carbocycles. The number of tetrazole rings is 1. The summed E-state index contributed by atoms with van der Waals surface area (Å²) in [5.74, 6) is 0.754. The summed E-state index contributed by atoms with van der Waals surface area (Å²) in [4.78, 5) is 4.14. The van der Waals surface area contributed by atoms with Gasteiger partial charge in [0.25, 0.3) is 0 Å². The van der Waals surface area contributed by atoms with Crippen molar-refractivity contribution in [1.29, 1.82) is 0 Å². The van der Waals surface area contributed by atoms with E-state index in [2.05, 4.69) is 30.2 Å². The van der Waals surface area contributed by atoms with Gasteiger partial charge in [0.05, 0.1) is 12.4 Å². The third kappa shape index (κ3) is 1.03. The van der Waals surface area contributed by atoms with Crippen molar-refractivity contribution in [3.63, 3.8) is 0 Å². The molecule has 1 unspecified atom stereocenters. The lowest BCUT2D eigenvalue weighted by atomic mass is 10.0. The molecule has 14 heavy (non-hydrogen) atoms. The molecular weight excluding hydrogens is 180 g/mol. The maximum Gasteiger partial charge on any atom is 0.197 e. The molecule has 72 valence electrons. The van der Waals surface area contributed by atoms with Gasteiger partial charge < -0.3 is 4.57 Å². The van der Waals surface area contributed by atoms with Gasteiger partial charge in [-0.3, -0.25) is 0 Å². The van der Waals surface area contributed by atoms with Crippen molar-refractivity contribution in [2.24, 2.45) is 0 Å². The molecule has 6 nitrogen and oxygen atoms in total. The van der Waals surface area contributed by atoms with E-state index in [1.165, 1.54) is 5.69 Å². The predicted molar refractivity (Wildman–Crippen MR) is 47.5 cm³/mol. The van der Waals surface area contributed by atoms with Crippen molar-refractivity contribution in [1.82, 2.24) is 30.2 Å². The second-order valence-electron chi connectivity index (χ2n) is 3.47. The SMILES string of the molecule is c1ncn2c1CCCC2c1nn[nH]n1. The van der Waals surface area contributed by atoms with Crippen LogP contribution in [0.5, 0.6) is 0 Å². The quantitative estimate of drug-likeness (QED) is 0.703. The summed E-state index contributed by atoms with van der Waals surface area (Å²) in [7, 11) is 0. The van der Waals surface area contributed by atoms with Gasteiger partial charge in [-0.05, 0) is 19.3 Å². The van der Waals surface area contributed by atoms with Gasteiger partial charge in [0, 0.05) is 11.9 Å². The van der Waals surface area contributed by atoms with Crippen LogP contribution in [-0.4, -0.2) is 30.2 Å². The first-order chi connectivity index (χ1) is 6.95. The second-order valence-corrected chi connectivity index (χ2v) is 3.47. The fourth-order valence-electron chi connectivity index (χ4n) is 1.99. The standard InChI is InChI=1S/C8H10N6/c1-2-6-4-9-5-14(6)7(3-1)8-10-12-13-11-8/h4-5,7H,1-3H2,(H,10,11,12,13). The zero-order chi connectivity index (χ0) is 9.38. The van der Waals surface area contributed by atoms with Crippen molar-refractivity contribution in [2.45, 2.75) is 25.3 Å². The van der Waals surface area contributed by atoms with Crippen molar-refractivity contribution in [3.8, 4) is 0 Å². The zero-order valence-corrected chi connectivity index (χ0v) is 7.59. The monoisotopic (exact) mass is 190 g/mol. The number of rotatable bonds is 1. The van der Waals surface area contributed by atoms with Crippen LogP contribution in [0.1, 0.15) is 30.4 Å². The molecular formula is C8H10N6. The van der Waals surface area contributed by atoms with Crippen LogP contribution in [0.4, 0.5) is 0 Å². The average molecular weight is 190 g/mol. The minimum Gasteiger partial charge on any atom is -0.324 e. The van der Waals surface area contributed by atoms with E-state index in [1.807, 2.05) is 12.5 Å². The molecule has 0 saturated carbocycles. The minimum absolute atomic E-state index is 0.208. The number of hydrogen-bond donors (Lipinski definition) is 1. The number of H-pyrrole nitrogens is 1. The molecule has 0 amide bonds. The Morgan fingerprint density at radius 3 is 3.36 bits per heavy atom. The van der Waals surface area contributed by atoms with E-state index in [-0.39, 0.29) is 6.04 Å². The highest BCUT2D eigenvalue weighted by Crippen LogP contribution is 2.27. The summed E-state index contributed by atoms with van der Waals surface area (Å²) >= 11 is 0. The molecule has 6 heteroatoms. The topological polar surface area (TPSA) is 72.3 Å². The molecule has 1 N–H and O–H groups in total. The Labute approximate surface area is 80.4 Å². The molecule has 3 rings (SSSR count). The van der Waals surface area contributed by atoms with Crippen molar-refractivity contribution in [2.75, 3.05) is 0 Å². The first-order valence-corrected chi connectivity index (χ1v) is 4.69. The van der Waals surface area contributed by atoms with Crippen molar-refractivity contribution < 1.29 is 0 Å². The lowest BCUT2D eigenvalue weighted by Gasteiger charge is -2.22. The van der Waals surface area contributed by atoms with E-state index in [0.29, 0.717) is 0 Å². The smallest absolute Gasteiger partial charge is 0.197 e. The molecule has 0 saturated heterocycles. The second kappa shape index (κ2) is 2.90. The van der Waals surface area contributed by atoms with Crippen LogP contribution in [0, 0.1) is 0 Å². The predicted octanol–water partition coefficient (Wildman–Crippen LogP) is 0.322. The number of imidazole rings is 1. The van der Waals surface area contributed by atoms with Crippen LogP contribution in [0.2, 0.25) is 0 Å². The van der Waals surface area contributed by atoms with E-state index in [9.17, 15) is 0 Å². The number of nitrogens with one attached hydrogen (secondary N) is 1. The maximum atomic E-state index is 4.14. The summed E-state index contributed by atoms with van der Waals surface area (Å²) < 4.78 is 2.13. The Bertz CT molecular complexity index is 417. The average Bonchev–Trinajstić information content (AvgIpc) is 2.88. The molecule has 0 bridgehead atoms. The fourth-order valence-corrected chi connectivity index (χ4v) is 1.99. The zero-order valence-electron chi connectivity index (χ0n) is 7.59. The molecule has 1 aliphatic heterocycles. The van der Waals surface area contributed by atoms with Crippen LogP contribution in [0.15, 0.2) is 12.5 Å². The van der Waals surface area contributed by atoms with Crippen LogP contribution in [-0.2, 0) is 6.42 Å². The van der Waals surface area contributed by atoms with Gasteiger partial charge in [-0.15, -0.1) is 10.2 Å². The largest absolute Gasteiger partial charge is 0.324 e. The van der Waals surface area contributed by atoms with Crippen molar-refractivity contribution in [3.05, 3.63) is 24.0 Å². The van der Waals surface area contributed by atoms with Gasteiger partial charge in [-0.2, -0.15) is 5.21 Å². The normalized spacial score (nSPS) is 20.7. The Morgan fingerprint density at radius 1 is 1.50 bits per heavy atom. The lowest BCUT2D eigenvalue weighted by molar-refractivity contribution is 0.439. The fraction of sp³-hybridized carbons (Fsp3) is 0.500. The third-order valence-corrected chi connectivity index (χ3v) is 2.65. The van der Waals surface area contributed by atoms with Crippen LogP contribution in [0.25, 0.3) is 0 Å². The van der Waals surface area contributed by atoms with Gasteiger partial charge in [-0.1, -0.05) is 5.21 Å². The van der Waals surface area contributed by atoms with E-state index < -0.39 is 0 Å². The molecule has 0 fully saturated rings. The van der Waals surface area contributed by atoms with E-state index >= 15 is 0 Å². The lowest BCUT2D eigenvalue weighted by Crippen LogP contribution is -2.18. The van der Waals surface area contributed by atoms with Gasteiger partial charge >= 0.3 is 0 Å². The molecule has 0 radical (unpaired) electrons. The first-order valence-electron chi connectivity index (χ1n) is 4.69. The van der Waals surface area contributed by atoms with Crippen LogP contribution < -0.4 is 0 Å². The summed E-state index contributed by atoms with van der Waals surface area (Å²) in [5.41, 5.74) is 1.26. The Hall–Kier alpha value is -1.72. The Kier molecular flexibility index (Phi) is 1.59. The number of hydrogen-bond acceptors (Lipinski definition) is 4. The van der Waals surface area contributed by atoms with Gasteiger partial charge in [-0.25, -0.2) is 4.98 Å². The van der Waals surface area contributed by atoms with E-state index in [1.54, 1.807) is 0 Å². The highest BCUT2D eigenvalue weighted by Gasteiger charge is 2.23. The molecule has 0 spiro atoms. The van der Waals surface area contributed by atoms with Crippen LogP contribution in [0.3, 0.4) is 0 Å². The van der Waals surface area contributed by atoms with E-state index in [0.717, 1.165) is 25.1 Å². The number of nitrogens with zero attached hydrogens (tertiary/aromatic N) is 5. The Balaban J connectivity index is 2.04. The minimum atomic E-state index is 0.208. The van der Waals surface area contributed by atoms with Crippen LogP contribution >= 0.6 is 0 Å². The molecule has 1 aliphatic rings. The molecule has 2 aromatic rings. The number of aromatic amines is 1. The molecule has 3 heterocycles. The molecule has 1 atom stereocenters. The maximum absolute atomic E-state index is 4.14.